The summed E-state index contributed by atoms with van der Waals surface area (Å²) in [5.74, 6) is 0.681. The maximum atomic E-state index is 9.13. The highest BCUT2D eigenvalue weighted by atomic mass is 16.5. The molecule has 0 amide bonds. The average Bonchev–Trinajstić information content (AvgIpc) is 2.30. The van der Waals surface area contributed by atoms with Gasteiger partial charge in [0.1, 0.15) is 0 Å². The highest BCUT2D eigenvalue weighted by Gasteiger charge is 2.33. The summed E-state index contributed by atoms with van der Waals surface area (Å²) >= 11 is 0. The number of ether oxygens (including phenoxy) is 2. The molecule has 3 heteroatoms. The Bertz CT molecular complexity index is 216. The van der Waals surface area contributed by atoms with Gasteiger partial charge in [0, 0.05) is 19.4 Å². The molecular formula is C12H21NO2. The van der Waals surface area contributed by atoms with Crippen molar-refractivity contribution in [2.24, 2.45) is 5.92 Å². The van der Waals surface area contributed by atoms with Crippen LogP contribution in [0, 0.1) is 17.2 Å². The zero-order chi connectivity index (χ0) is 11.1. The first-order valence-electron chi connectivity index (χ1n) is 5.85. The van der Waals surface area contributed by atoms with E-state index in [1.807, 2.05) is 0 Å². The number of nitriles is 1. The Hall–Kier alpha value is -0.590. The van der Waals surface area contributed by atoms with Crippen LogP contribution in [0.4, 0.5) is 0 Å². The Morgan fingerprint density at radius 2 is 2.13 bits per heavy atom. The van der Waals surface area contributed by atoms with Crippen molar-refractivity contribution >= 4 is 0 Å². The first-order valence-corrected chi connectivity index (χ1v) is 5.85. The molecule has 1 atom stereocenters. The number of hydrogen-bond acceptors (Lipinski definition) is 3. The zero-order valence-corrected chi connectivity index (χ0v) is 9.79. The molecule has 0 aliphatic carbocycles. The Morgan fingerprint density at radius 3 is 2.67 bits per heavy atom. The SMILES string of the molecule is CCC(C)CCOC1(C#N)CCOCC1. The molecule has 1 heterocycles. The van der Waals surface area contributed by atoms with Crippen LogP contribution in [0.25, 0.3) is 0 Å². The first-order chi connectivity index (χ1) is 7.22. The molecule has 1 rings (SSSR count). The molecule has 15 heavy (non-hydrogen) atoms. The topological polar surface area (TPSA) is 42.2 Å². The van der Waals surface area contributed by atoms with Gasteiger partial charge in [-0.2, -0.15) is 5.26 Å². The Kier molecular flexibility index (Phi) is 5.07. The molecule has 0 aromatic rings. The minimum Gasteiger partial charge on any atom is -0.381 e. The number of rotatable bonds is 5. The van der Waals surface area contributed by atoms with Crippen molar-refractivity contribution in [2.75, 3.05) is 19.8 Å². The fourth-order valence-corrected chi connectivity index (χ4v) is 1.65. The summed E-state index contributed by atoms with van der Waals surface area (Å²) in [6, 6.07) is 2.31. The van der Waals surface area contributed by atoms with Crippen molar-refractivity contribution in [2.45, 2.75) is 45.1 Å². The minimum atomic E-state index is -0.564. The summed E-state index contributed by atoms with van der Waals surface area (Å²) in [5.41, 5.74) is -0.564. The summed E-state index contributed by atoms with van der Waals surface area (Å²) in [6.45, 7) is 6.39. The third kappa shape index (κ3) is 3.81. The fraction of sp³-hybridized carbons (Fsp3) is 0.917. The molecule has 3 nitrogen and oxygen atoms in total. The van der Waals surface area contributed by atoms with Crippen molar-refractivity contribution in [1.82, 2.24) is 0 Å². The predicted octanol–water partition coefficient (Wildman–Crippen LogP) is 2.51. The molecule has 0 bridgehead atoms. The van der Waals surface area contributed by atoms with Crippen molar-refractivity contribution in [3.05, 3.63) is 0 Å². The van der Waals surface area contributed by atoms with Gasteiger partial charge in [0.2, 0.25) is 0 Å². The van der Waals surface area contributed by atoms with Crippen molar-refractivity contribution in [3.63, 3.8) is 0 Å². The molecule has 1 fully saturated rings. The third-order valence-corrected chi connectivity index (χ3v) is 3.19. The smallest absolute Gasteiger partial charge is 0.158 e. The molecule has 0 radical (unpaired) electrons. The molecular weight excluding hydrogens is 190 g/mol. The van der Waals surface area contributed by atoms with Crippen molar-refractivity contribution in [1.29, 1.82) is 5.26 Å². The molecule has 1 aliphatic rings. The van der Waals surface area contributed by atoms with Crippen LogP contribution in [0.3, 0.4) is 0 Å². The average molecular weight is 211 g/mol. The molecule has 1 saturated heterocycles. The number of nitrogens with zero attached hydrogens (tertiary/aromatic N) is 1. The van der Waals surface area contributed by atoms with E-state index in [9.17, 15) is 0 Å². The van der Waals surface area contributed by atoms with Crippen LogP contribution >= 0.6 is 0 Å². The van der Waals surface area contributed by atoms with Gasteiger partial charge >= 0.3 is 0 Å². The Balaban J connectivity index is 2.30. The van der Waals surface area contributed by atoms with Gasteiger partial charge in [-0.1, -0.05) is 20.3 Å². The van der Waals surface area contributed by atoms with Crippen LogP contribution < -0.4 is 0 Å². The largest absolute Gasteiger partial charge is 0.381 e. The van der Waals surface area contributed by atoms with Gasteiger partial charge in [0.05, 0.1) is 19.3 Å². The summed E-state index contributed by atoms with van der Waals surface area (Å²) in [7, 11) is 0. The van der Waals surface area contributed by atoms with Crippen molar-refractivity contribution in [3.8, 4) is 6.07 Å². The monoisotopic (exact) mass is 211 g/mol. The van der Waals surface area contributed by atoms with E-state index in [0.29, 0.717) is 38.6 Å². The van der Waals surface area contributed by atoms with E-state index in [0.717, 1.165) is 6.42 Å². The van der Waals surface area contributed by atoms with E-state index in [4.69, 9.17) is 14.7 Å². The van der Waals surface area contributed by atoms with E-state index in [1.165, 1.54) is 6.42 Å². The lowest BCUT2D eigenvalue weighted by atomic mass is 9.96. The van der Waals surface area contributed by atoms with Crippen LogP contribution in [0.1, 0.15) is 39.5 Å². The second-order valence-corrected chi connectivity index (χ2v) is 4.37. The quantitative estimate of drug-likeness (QED) is 0.701. The summed E-state index contributed by atoms with van der Waals surface area (Å²) < 4.78 is 11.0. The van der Waals surface area contributed by atoms with E-state index in [-0.39, 0.29) is 0 Å². The van der Waals surface area contributed by atoms with Gasteiger partial charge in [-0.3, -0.25) is 0 Å². The minimum absolute atomic E-state index is 0.564. The Morgan fingerprint density at radius 1 is 1.47 bits per heavy atom. The van der Waals surface area contributed by atoms with E-state index in [1.54, 1.807) is 0 Å². The van der Waals surface area contributed by atoms with Gasteiger partial charge in [-0.25, -0.2) is 0 Å². The molecule has 86 valence electrons. The summed E-state index contributed by atoms with van der Waals surface area (Å²) in [5, 5.41) is 9.13. The highest BCUT2D eigenvalue weighted by Crippen LogP contribution is 2.25. The second kappa shape index (κ2) is 6.09. The van der Waals surface area contributed by atoms with E-state index < -0.39 is 5.60 Å². The van der Waals surface area contributed by atoms with Gasteiger partial charge in [-0.05, 0) is 12.3 Å². The zero-order valence-electron chi connectivity index (χ0n) is 9.79. The molecule has 0 N–H and O–H groups in total. The lowest BCUT2D eigenvalue weighted by molar-refractivity contribution is -0.0784. The predicted molar refractivity (Wildman–Crippen MR) is 58.4 cm³/mol. The van der Waals surface area contributed by atoms with Crippen molar-refractivity contribution < 1.29 is 9.47 Å². The maximum absolute atomic E-state index is 9.13. The van der Waals surface area contributed by atoms with Crippen LogP contribution in [-0.4, -0.2) is 25.4 Å². The third-order valence-electron chi connectivity index (χ3n) is 3.19. The van der Waals surface area contributed by atoms with Crippen LogP contribution in [0.15, 0.2) is 0 Å². The lowest BCUT2D eigenvalue weighted by Gasteiger charge is -2.31. The van der Waals surface area contributed by atoms with Crippen LogP contribution in [0.2, 0.25) is 0 Å². The highest BCUT2D eigenvalue weighted by molar-refractivity contribution is 5.03. The number of hydrogen-bond donors (Lipinski definition) is 0. The second-order valence-electron chi connectivity index (χ2n) is 4.37. The Labute approximate surface area is 92.4 Å². The summed E-state index contributed by atoms with van der Waals surface area (Å²) in [4.78, 5) is 0. The van der Waals surface area contributed by atoms with Crippen LogP contribution in [0.5, 0.6) is 0 Å². The first kappa shape index (κ1) is 12.5. The normalized spacial score (nSPS) is 21.9. The molecule has 1 unspecified atom stereocenters. The molecule has 0 aromatic heterocycles. The standard InChI is InChI=1S/C12H21NO2/c1-3-11(2)4-7-15-12(10-13)5-8-14-9-6-12/h11H,3-9H2,1-2H3. The maximum Gasteiger partial charge on any atom is 0.158 e. The molecule has 1 aliphatic heterocycles. The van der Waals surface area contributed by atoms with Gasteiger partial charge in [0.25, 0.3) is 0 Å². The summed E-state index contributed by atoms with van der Waals surface area (Å²) in [6.07, 6.45) is 3.64. The molecule has 0 spiro atoms. The van der Waals surface area contributed by atoms with Gasteiger partial charge in [-0.15, -0.1) is 0 Å². The lowest BCUT2D eigenvalue weighted by Crippen LogP contribution is -2.38. The van der Waals surface area contributed by atoms with Gasteiger partial charge < -0.3 is 9.47 Å². The van der Waals surface area contributed by atoms with E-state index >= 15 is 0 Å². The fourth-order valence-electron chi connectivity index (χ4n) is 1.65. The van der Waals surface area contributed by atoms with Crippen LogP contribution in [-0.2, 0) is 9.47 Å². The van der Waals surface area contributed by atoms with E-state index in [2.05, 4.69) is 19.9 Å². The molecule has 0 aromatic carbocycles. The molecule has 0 saturated carbocycles. The van der Waals surface area contributed by atoms with Gasteiger partial charge in [0.15, 0.2) is 5.60 Å².